The largest absolute Gasteiger partial charge is 0.390 e. The van der Waals surface area contributed by atoms with Gasteiger partial charge in [0.2, 0.25) is 5.91 Å². The van der Waals surface area contributed by atoms with Crippen molar-refractivity contribution in [3.05, 3.63) is 75.2 Å². The van der Waals surface area contributed by atoms with Gasteiger partial charge in [0.1, 0.15) is 24.4 Å². The first kappa shape index (κ1) is 24.3. The molecule has 3 aromatic rings. The molecule has 33 heavy (non-hydrogen) atoms. The Balaban J connectivity index is 1.89. The van der Waals surface area contributed by atoms with E-state index in [2.05, 4.69) is 10.3 Å². The van der Waals surface area contributed by atoms with E-state index in [4.69, 9.17) is 16.7 Å². The second-order valence-corrected chi connectivity index (χ2v) is 7.87. The lowest BCUT2D eigenvalue weighted by Gasteiger charge is -2.23. The number of pyridine rings is 2. The summed E-state index contributed by atoms with van der Waals surface area (Å²) < 4.78 is 27.9. The number of nitrogens with one attached hydrogen (secondary N) is 1. The molecule has 0 saturated heterocycles. The number of alkyl halides is 2. The number of hydrogen-bond acceptors (Lipinski definition) is 5. The Hall–Kier alpha value is -3.37. The van der Waals surface area contributed by atoms with E-state index in [0.29, 0.717) is 15.3 Å². The molecule has 1 aromatic carbocycles. The highest BCUT2D eigenvalue weighted by molar-refractivity contribution is 6.30. The summed E-state index contributed by atoms with van der Waals surface area (Å²) in [7, 11) is 1.13. The van der Waals surface area contributed by atoms with Crippen LogP contribution in [0.1, 0.15) is 15.9 Å². The number of nitrogens with zero attached hydrogens (tertiary/aromatic N) is 3. The number of amides is 2. The molecule has 174 valence electrons. The predicted octanol–water partition coefficient (Wildman–Crippen LogP) is 2.07. The number of carbonyl (C=O) groups is 2. The smallest absolute Gasteiger partial charge is 0.287 e. The average molecular weight is 479 g/mol. The lowest BCUT2D eigenvalue weighted by Crippen LogP contribution is -2.43. The van der Waals surface area contributed by atoms with E-state index in [-0.39, 0.29) is 17.8 Å². The maximum absolute atomic E-state index is 13.5. The second kappa shape index (κ2) is 10.1. The number of carbonyl (C=O) groups excluding carboxylic acids is 2. The molecule has 2 N–H and O–H groups in total. The lowest BCUT2D eigenvalue weighted by molar-refractivity contribution is -0.137. The van der Waals surface area contributed by atoms with E-state index >= 15 is 0 Å². The van der Waals surface area contributed by atoms with E-state index in [0.717, 1.165) is 17.2 Å². The first-order chi connectivity index (χ1) is 15.6. The van der Waals surface area contributed by atoms with Crippen LogP contribution in [-0.4, -0.2) is 57.5 Å². The summed E-state index contributed by atoms with van der Waals surface area (Å²) in [6, 6.07) is 11.4. The zero-order valence-electron chi connectivity index (χ0n) is 17.6. The van der Waals surface area contributed by atoms with Crippen LogP contribution in [0.25, 0.3) is 11.0 Å². The third-order valence-corrected chi connectivity index (χ3v) is 5.13. The fraction of sp³-hybridized carbons (Fsp3) is 0.273. The van der Waals surface area contributed by atoms with Gasteiger partial charge in [-0.25, -0.2) is 13.8 Å². The van der Waals surface area contributed by atoms with Crippen LogP contribution >= 0.6 is 11.6 Å². The van der Waals surface area contributed by atoms with Crippen molar-refractivity contribution in [2.45, 2.75) is 19.0 Å². The molecule has 0 aliphatic rings. The summed E-state index contributed by atoms with van der Waals surface area (Å²) in [5.41, 5.74) is -0.115. The molecule has 0 aliphatic carbocycles. The maximum atomic E-state index is 13.5. The highest BCUT2D eigenvalue weighted by Crippen LogP contribution is 2.15. The van der Waals surface area contributed by atoms with Crippen LogP contribution < -0.4 is 10.9 Å². The van der Waals surface area contributed by atoms with Gasteiger partial charge in [0.05, 0.1) is 6.54 Å². The monoisotopic (exact) mass is 478 g/mol. The van der Waals surface area contributed by atoms with Crippen LogP contribution in [0.3, 0.4) is 0 Å². The number of aliphatic hydroxyl groups is 1. The van der Waals surface area contributed by atoms with Crippen molar-refractivity contribution in [1.82, 2.24) is 19.8 Å². The molecule has 0 bridgehead atoms. The summed E-state index contributed by atoms with van der Waals surface area (Å²) in [6.45, 7) is -2.91. The molecule has 0 atom stereocenters. The van der Waals surface area contributed by atoms with Crippen molar-refractivity contribution in [3.8, 4) is 0 Å². The average Bonchev–Trinajstić information content (AvgIpc) is 2.79. The lowest BCUT2D eigenvalue weighted by atomic mass is 10.1. The summed E-state index contributed by atoms with van der Waals surface area (Å²) in [4.78, 5) is 43.2. The third kappa shape index (κ3) is 5.91. The van der Waals surface area contributed by atoms with Gasteiger partial charge in [-0.3, -0.25) is 19.0 Å². The number of fused-ring (bicyclic) bond motifs is 1. The maximum Gasteiger partial charge on any atom is 0.287 e. The predicted molar refractivity (Wildman–Crippen MR) is 118 cm³/mol. The van der Waals surface area contributed by atoms with Crippen molar-refractivity contribution < 1.29 is 23.5 Å². The molecule has 2 aromatic heterocycles. The van der Waals surface area contributed by atoms with Crippen LogP contribution in [-0.2, 0) is 17.9 Å². The zero-order chi connectivity index (χ0) is 24.2. The number of benzene rings is 1. The normalized spacial score (nSPS) is 11.4. The van der Waals surface area contributed by atoms with Crippen molar-refractivity contribution >= 4 is 34.4 Å². The van der Waals surface area contributed by atoms with Crippen molar-refractivity contribution in [2.75, 3.05) is 20.2 Å². The number of rotatable bonds is 8. The molecule has 2 heterocycles. The first-order valence-corrected chi connectivity index (χ1v) is 10.2. The van der Waals surface area contributed by atoms with Gasteiger partial charge in [-0.15, -0.1) is 0 Å². The summed E-state index contributed by atoms with van der Waals surface area (Å²) in [6.07, 6.45) is 1.41. The third-order valence-electron chi connectivity index (χ3n) is 4.88. The molecule has 11 heteroatoms. The Labute approximate surface area is 192 Å². The van der Waals surface area contributed by atoms with Gasteiger partial charge in [0.25, 0.3) is 17.4 Å². The number of aliphatic hydroxyl groups excluding tert-OH is 1. The van der Waals surface area contributed by atoms with Crippen LogP contribution in [0.5, 0.6) is 0 Å². The Morgan fingerprint density at radius 1 is 1.24 bits per heavy atom. The highest BCUT2D eigenvalue weighted by atomic mass is 35.5. The van der Waals surface area contributed by atoms with Gasteiger partial charge in [0, 0.05) is 30.2 Å². The molecular weight excluding hydrogens is 458 g/mol. The molecule has 8 nitrogen and oxygen atoms in total. The van der Waals surface area contributed by atoms with E-state index in [9.17, 15) is 23.2 Å². The van der Waals surface area contributed by atoms with Crippen LogP contribution in [0.15, 0.2) is 53.5 Å². The van der Waals surface area contributed by atoms with Crippen molar-refractivity contribution in [2.24, 2.45) is 0 Å². The van der Waals surface area contributed by atoms with Gasteiger partial charge < -0.3 is 15.3 Å². The minimum atomic E-state index is -3.49. The van der Waals surface area contributed by atoms with Gasteiger partial charge in [-0.05, 0) is 35.9 Å². The summed E-state index contributed by atoms with van der Waals surface area (Å²) in [5.74, 6) is -4.96. The molecule has 2 amide bonds. The number of halogens is 3. The fourth-order valence-electron chi connectivity index (χ4n) is 3.14. The van der Waals surface area contributed by atoms with Crippen LogP contribution in [0.2, 0.25) is 5.02 Å². The highest BCUT2D eigenvalue weighted by Gasteiger charge is 2.31. The molecule has 0 spiro atoms. The van der Waals surface area contributed by atoms with E-state index < -0.39 is 43.0 Å². The Kier molecular flexibility index (Phi) is 7.39. The van der Waals surface area contributed by atoms with Gasteiger partial charge >= 0.3 is 0 Å². The number of aromatic nitrogens is 2. The standard InChI is InChI=1S/C22H21ClF2N4O4/c1-28(12-22(24,25)13-30)18(31)11-29-19-15(3-2-8-26-19)9-17(21(29)33)20(32)27-10-14-4-6-16(23)7-5-14/h2-9,30H,10-13H2,1H3,(H,27,32). The molecule has 3 rings (SSSR count). The minimum Gasteiger partial charge on any atom is -0.390 e. The van der Waals surface area contributed by atoms with Crippen molar-refractivity contribution in [1.29, 1.82) is 0 Å². The van der Waals surface area contributed by atoms with Gasteiger partial charge in [-0.1, -0.05) is 23.7 Å². The Bertz CT molecular complexity index is 1230. The quantitative estimate of drug-likeness (QED) is 0.516. The van der Waals surface area contributed by atoms with Crippen LogP contribution in [0, 0.1) is 0 Å². The minimum absolute atomic E-state index is 0.132. The van der Waals surface area contributed by atoms with Crippen molar-refractivity contribution in [3.63, 3.8) is 0 Å². The number of hydrogen-bond donors (Lipinski definition) is 2. The molecule has 0 radical (unpaired) electrons. The fourth-order valence-corrected chi connectivity index (χ4v) is 3.26. The summed E-state index contributed by atoms with van der Waals surface area (Å²) >= 11 is 5.85. The zero-order valence-corrected chi connectivity index (χ0v) is 18.4. The van der Waals surface area contributed by atoms with E-state index in [1.807, 2.05) is 0 Å². The van der Waals surface area contributed by atoms with Gasteiger partial charge in [-0.2, -0.15) is 0 Å². The molecule has 0 aliphatic heterocycles. The second-order valence-electron chi connectivity index (χ2n) is 7.44. The molecule has 0 saturated carbocycles. The molecular formula is C22H21ClF2N4O4. The molecule has 0 fully saturated rings. The van der Waals surface area contributed by atoms with Crippen LogP contribution in [0.4, 0.5) is 8.78 Å². The molecule has 0 unspecified atom stereocenters. The van der Waals surface area contributed by atoms with Gasteiger partial charge in [0.15, 0.2) is 0 Å². The first-order valence-electron chi connectivity index (χ1n) is 9.85. The Morgan fingerprint density at radius 3 is 2.61 bits per heavy atom. The van der Waals surface area contributed by atoms with E-state index in [1.165, 1.54) is 12.3 Å². The summed E-state index contributed by atoms with van der Waals surface area (Å²) in [5, 5.41) is 12.3. The SMILES string of the molecule is CN(CC(F)(F)CO)C(=O)Cn1c(=O)c(C(=O)NCc2ccc(Cl)cc2)cc2cccnc21. The Morgan fingerprint density at radius 2 is 1.94 bits per heavy atom. The number of likely N-dealkylation sites (N-methyl/N-ethyl adjacent to an activating group) is 1. The topological polar surface area (TPSA) is 105 Å². The van der Waals surface area contributed by atoms with E-state index in [1.54, 1.807) is 36.4 Å².